The van der Waals surface area contributed by atoms with Crippen molar-refractivity contribution in [1.29, 1.82) is 0 Å². The molecule has 2 heterocycles. The number of halogens is 2. The maximum atomic E-state index is 13.1. The molecular formula is C33H42Cl2N6O4. The summed E-state index contributed by atoms with van der Waals surface area (Å²) in [7, 11) is 0. The number of hydrogen-bond acceptors (Lipinski definition) is 9. The van der Waals surface area contributed by atoms with Gasteiger partial charge in [0.15, 0.2) is 11.6 Å². The van der Waals surface area contributed by atoms with Crippen LogP contribution in [0.2, 0.25) is 10.0 Å². The molecule has 0 spiro atoms. The van der Waals surface area contributed by atoms with Crippen molar-refractivity contribution >= 4 is 46.9 Å². The highest BCUT2D eigenvalue weighted by Crippen LogP contribution is 2.28. The number of anilines is 2. The summed E-state index contributed by atoms with van der Waals surface area (Å²) in [6.45, 7) is 12.2. The Morgan fingerprint density at radius 1 is 0.978 bits per heavy atom. The second-order valence-corrected chi connectivity index (χ2v) is 13.9. The fourth-order valence-electron chi connectivity index (χ4n) is 4.88. The van der Waals surface area contributed by atoms with Crippen LogP contribution in [0.15, 0.2) is 48.7 Å². The monoisotopic (exact) mass is 656 g/mol. The van der Waals surface area contributed by atoms with Crippen molar-refractivity contribution in [3.8, 4) is 11.3 Å². The molecule has 242 valence electrons. The minimum absolute atomic E-state index is 0.00380. The standard InChI is InChI=1S/C33H42Cl2N6O4/c1-32(2,3)44-30(42)27-16-22(14-15-41(27)31(43)45-33(4,5)6)37-17-20-10-12-21(13-11-20)26-19-38-28(36)29(40-26)39-18-23-24(34)8-7-9-25(23)35/h7-13,19,22,27,37H,14-18H2,1-6H3,(H2,36,38)(H,39,40)/t22?,27-/m1/s1. The number of nitrogen functional groups attached to an aromatic ring is 1. The van der Waals surface area contributed by atoms with Gasteiger partial charge in [-0.15, -0.1) is 0 Å². The first kappa shape index (κ1) is 34.3. The summed E-state index contributed by atoms with van der Waals surface area (Å²) in [5, 5.41) is 7.84. The van der Waals surface area contributed by atoms with E-state index in [0.717, 1.165) is 16.7 Å². The van der Waals surface area contributed by atoms with Gasteiger partial charge >= 0.3 is 12.1 Å². The molecule has 45 heavy (non-hydrogen) atoms. The maximum Gasteiger partial charge on any atom is 0.411 e. The predicted molar refractivity (Wildman–Crippen MR) is 178 cm³/mol. The highest BCUT2D eigenvalue weighted by Gasteiger charge is 2.40. The van der Waals surface area contributed by atoms with E-state index in [1.165, 1.54) is 4.90 Å². The molecule has 0 radical (unpaired) electrons. The number of ether oxygens (including phenoxy) is 2. The normalized spacial score (nSPS) is 17.1. The van der Waals surface area contributed by atoms with Crippen molar-refractivity contribution in [2.75, 3.05) is 17.6 Å². The topological polar surface area (TPSA) is 132 Å². The van der Waals surface area contributed by atoms with Gasteiger partial charge in [-0.25, -0.2) is 19.6 Å². The molecule has 3 aromatic rings. The first-order chi connectivity index (χ1) is 21.1. The van der Waals surface area contributed by atoms with Crippen molar-refractivity contribution in [3.63, 3.8) is 0 Å². The summed E-state index contributed by atoms with van der Waals surface area (Å²) in [4.78, 5) is 36.6. The van der Waals surface area contributed by atoms with Crippen LogP contribution in [0, 0.1) is 0 Å². The summed E-state index contributed by atoms with van der Waals surface area (Å²) >= 11 is 12.6. The maximum absolute atomic E-state index is 13.1. The van der Waals surface area contributed by atoms with Crippen LogP contribution in [-0.2, 0) is 27.4 Å². The van der Waals surface area contributed by atoms with Crippen molar-refractivity contribution in [2.45, 2.75) is 90.8 Å². The molecule has 1 aromatic heterocycles. The Labute approximate surface area is 275 Å². The molecule has 4 N–H and O–H groups in total. The number of aromatic nitrogens is 2. The van der Waals surface area contributed by atoms with E-state index < -0.39 is 29.3 Å². The van der Waals surface area contributed by atoms with E-state index in [9.17, 15) is 9.59 Å². The van der Waals surface area contributed by atoms with Gasteiger partial charge in [-0.3, -0.25) is 4.90 Å². The molecule has 1 fully saturated rings. The Morgan fingerprint density at radius 2 is 1.62 bits per heavy atom. The SMILES string of the molecule is CC(C)(C)OC(=O)[C@H]1CC(NCc2ccc(-c3cnc(N)c(NCc4c(Cl)cccc4Cl)n3)cc2)CCN1C(=O)OC(C)(C)C. The van der Waals surface area contributed by atoms with Gasteiger partial charge in [0.05, 0.1) is 11.9 Å². The molecule has 0 saturated carbocycles. The molecule has 1 unspecified atom stereocenters. The first-order valence-electron chi connectivity index (χ1n) is 14.9. The van der Waals surface area contributed by atoms with Gasteiger partial charge in [-0.1, -0.05) is 53.5 Å². The van der Waals surface area contributed by atoms with Crippen LogP contribution in [0.1, 0.15) is 65.5 Å². The van der Waals surface area contributed by atoms with Crippen LogP contribution >= 0.6 is 23.2 Å². The summed E-state index contributed by atoms with van der Waals surface area (Å²) in [5.74, 6) is 0.272. The lowest BCUT2D eigenvalue weighted by Crippen LogP contribution is -2.56. The fourth-order valence-corrected chi connectivity index (χ4v) is 5.41. The van der Waals surface area contributed by atoms with E-state index in [1.54, 1.807) is 45.2 Å². The van der Waals surface area contributed by atoms with Gasteiger partial charge in [0, 0.05) is 46.8 Å². The van der Waals surface area contributed by atoms with Gasteiger partial charge in [-0.05, 0) is 72.1 Å². The Bertz CT molecular complexity index is 1480. The third kappa shape index (κ3) is 9.69. The minimum Gasteiger partial charge on any atom is -0.458 e. The molecule has 4 rings (SSSR count). The number of esters is 1. The first-order valence-corrected chi connectivity index (χ1v) is 15.7. The second kappa shape index (κ2) is 14.2. The minimum atomic E-state index is -0.742. The highest BCUT2D eigenvalue weighted by molar-refractivity contribution is 6.36. The number of amides is 1. The smallest absolute Gasteiger partial charge is 0.411 e. The lowest BCUT2D eigenvalue weighted by molar-refractivity contribution is -0.162. The van der Waals surface area contributed by atoms with E-state index in [4.69, 9.17) is 38.4 Å². The Balaban J connectivity index is 1.39. The largest absolute Gasteiger partial charge is 0.458 e. The zero-order valence-electron chi connectivity index (χ0n) is 26.6. The van der Waals surface area contributed by atoms with Gasteiger partial charge in [0.25, 0.3) is 0 Å². The zero-order valence-corrected chi connectivity index (χ0v) is 28.1. The number of nitrogens with one attached hydrogen (secondary N) is 2. The van der Waals surface area contributed by atoms with Crippen molar-refractivity contribution in [3.05, 3.63) is 69.8 Å². The third-order valence-corrected chi connectivity index (χ3v) is 7.76. The van der Waals surface area contributed by atoms with Crippen molar-refractivity contribution in [1.82, 2.24) is 20.2 Å². The van der Waals surface area contributed by atoms with E-state index >= 15 is 0 Å². The molecule has 1 aliphatic rings. The van der Waals surface area contributed by atoms with E-state index in [1.807, 2.05) is 45.0 Å². The van der Waals surface area contributed by atoms with Gasteiger partial charge in [0.1, 0.15) is 17.2 Å². The lowest BCUT2D eigenvalue weighted by Gasteiger charge is -2.39. The molecule has 1 amide bonds. The number of hydrogen-bond donors (Lipinski definition) is 3. The lowest BCUT2D eigenvalue weighted by atomic mass is 9.96. The number of benzene rings is 2. The molecule has 10 nitrogen and oxygen atoms in total. The van der Waals surface area contributed by atoms with Gasteiger partial charge in [0.2, 0.25) is 0 Å². The Hall–Kier alpha value is -3.60. The number of rotatable bonds is 8. The van der Waals surface area contributed by atoms with Crippen LogP contribution in [0.5, 0.6) is 0 Å². The van der Waals surface area contributed by atoms with E-state index in [0.29, 0.717) is 54.0 Å². The summed E-state index contributed by atoms with van der Waals surface area (Å²) in [6.07, 6.45) is 2.21. The molecule has 0 aliphatic carbocycles. The van der Waals surface area contributed by atoms with Crippen LogP contribution < -0.4 is 16.4 Å². The summed E-state index contributed by atoms with van der Waals surface area (Å²) < 4.78 is 11.3. The van der Waals surface area contributed by atoms with E-state index in [-0.39, 0.29) is 11.9 Å². The second-order valence-electron chi connectivity index (χ2n) is 13.1. The molecule has 2 aromatic carbocycles. The van der Waals surface area contributed by atoms with Crippen LogP contribution in [0.25, 0.3) is 11.3 Å². The Kier molecular flexibility index (Phi) is 10.8. The number of nitrogens with two attached hydrogens (primary N) is 1. The van der Waals surface area contributed by atoms with Gasteiger partial charge < -0.3 is 25.8 Å². The number of carbonyl (C=O) groups is 2. The predicted octanol–water partition coefficient (Wildman–Crippen LogP) is 6.84. The molecular weight excluding hydrogens is 615 g/mol. The Morgan fingerprint density at radius 3 is 2.24 bits per heavy atom. The number of likely N-dealkylation sites (tertiary alicyclic amines) is 1. The third-order valence-electron chi connectivity index (χ3n) is 7.05. The molecule has 0 bridgehead atoms. The van der Waals surface area contributed by atoms with Gasteiger partial charge in [-0.2, -0.15) is 0 Å². The highest BCUT2D eigenvalue weighted by atomic mass is 35.5. The molecule has 1 saturated heterocycles. The van der Waals surface area contributed by atoms with Crippen molar-refractivity contribution in [2.24, 2.45) is 0 Å². The van der Waals surface area contributed by atoms with Crippen LogP contribution in [-0.4, -0.2) is 56.8 Å². The number of nitrogens with zero attached hydrogens (tertiary/aromatic N) is 3. The fraction of sp³-hybridized carbons (Fsp3) is 0.455. The quantitative estimate of drug-likeness (QED) is 0.223. The van der Waals surface area contributed by atoms with Crippen LogP contribution in [0.4, 0.5) is 16.4 Å². The van der Waals surface area contributed by atoms with E-state index in [2.05, 4.69) is 20.6 Å². The zero-order chi connectivity index (χ0) is 32.9. The van der Waals surface area contributed by atoms with Crippen molar-refractivity contribution < 1.29 is 19.1 Å². The summed E-state index contributed by atoms with van der Waals surface area (Å²) in [5.41, 5.74) is 8.08. The summed E-state index contributed by atoms with van der Waals surface area (Å²) in [6, 6.07) is 12.6. The average Bonchev–Trinajstić information content (AvgIpc) is 2.95. The average molecular weight is 658 g/mol. The molecule has 1 aliphatic heterocycles. The number of piperidine rings is 1. The molecule has 2 atom stereocenters. The number of carbonyl (C=O) groups excluding carboxylic acids is 2. The molecule has 12 heteroatoms. The van der Waals surface area contributed by atoms with Crippen LogP contribution in [0.3, 0.4) is 0 Å².